The average molecular weight is 345 g/mol. The lowest BCUT2D eigenvalue weighted by Gasteiger charge is -2.22. The smallest absolute Gasteiger partial charge is 0.309 e. The van der Waals surface area contributed by atoms with Crippen molar-refractivity contribution in [2.45, 2.75) is 45.1 Å². The lowest BCUT2D eigenvalue weighted by molar-refractivity contribution is -0.158. The van der Waals surface area contributed by atoms with Crippen molar-refractivity contribution in [3.8, 4) is 0 Å². The summed E-state index contributed by atoms with van der Waals surface area (Å²) in [5.41, 5.74) is 0. The van der Waals surface area contributed by atoms with Gasteiger partial charge in [-0.1, -0.05) is 42.5 Å². The topological polar surface area (TPSA) is 68.3 Å². The number of nitrogens with one attached hydrogen (secondary N) is 1. The highest BCUT2D eigenvalue weighted by atomic mass is 35.5. The van der Waals surface area contributed by atoms with E-state index in [1.807, 2.05) is 0 Å². The van der Waals surface area contributed by atoms with E-state index in [4.69, 9.17) is 27.9 Å². The Morgan fingerprint density at radius 2 is 2.00 bits per heavy atom. The Morgan fingerprint density at radius 3 is 2.64 bits per heavy atom. The Hall–Kier alpha value is -1.33. The molecule has 1 aliphatic carbocycles. The van der Waals surface area contributed by atoms with Gasteiger partial charge in [-0.15, -0.1) is 0 Å². The first-order chi connectivity index (χ1) is 10.5. The van der Waals surface area contributed by atoms with Crippen molar-refractivity contribution in [2.75, 3.05) is 5.32 Å². The minimum Gasteiger partial charge on any atom is -0.452 e. The molecule has 1 aromatic heterocycles. The number of halogens is 2. The molecule has 1 amide bonds. The minimum absolute atomic E-state index is 0.0961. The Labute approximate surface area is 139 Å². The molecular weight excluding hydrogens is 327 g/mol. The Morgan fingerprint density at radius 1 is 1.32 bits per heavy atom. The molecule has 1 saturated carbocycles. The second-order valence-electron chi connectivity index (χ2n) is 5.39. The Kier molecular flexibility index (Phi) is 6.03. The fourth-order valence-electron chi connectivity index (χ4n) is 2.39. The molecule has 0 aliphatic heterocycles. The molecule has 1 aliphatic rings. The summed E-state index contributed by atoms with van der Waals surface area (Å²) in [5.74, 6) is -0.684. The van der Waals surface area contributed by atoms with Gasteiger partial charge in [0.15, 0.2) is 11.9 Å². The molecule has 1 heterocycles. The van der Waals surface area contributed by atoms with Crippen LogP contribution in [0.3, 0.4) is 0 Å². The number of hydrogen-bond acceptors (Lipinski definition) is 4. The van der Waals surface area contributed by atoms with Crippen LogP contribution in [-0.2, 0) is 14.3 Å². The number of rotatable bonds is 4. The molecular formula is C15H18Cl2N2O3. The zero-order valence-electron chi connectivity index (χ0n) is 12.3. The molecule has 0 spiro atoms. The average Bonchev–Trinajstić information content (AvgIpc) is 2.50. The molecule has 1 atom stereocenters. The maximum atomic E-state index is 12.0. The van der Waals surface area contributed by atoms with Gasteiger partial charge in [0.1, 0.15) is 0 Å². The number of carbonyl (C=O) groups is 2. The molecule has 0 saturated heterocycles. The van der Waals surface area contributed by atoms with Gasteiger partial charge in [-0.25, -0.2) is 4.98 Å². The maximum absolute atomic E-state index is 12.0. The van der Waals surface area contributed by atoms with E-state index in [0.717, 1.165) is 32.1 Å². The van der Waals surface area contributed by atoms with Crippen LogP contribution in [0.15, 0.2) is 12.3 Å². The maximum Gasteiger partial charge on any atom is 0.309 e. The van der Waals surface area contributed by atoms with Crippen molar-refractivity contribution in [1.82, 2.24) is 4.98 Å². The lowest BCUT2D eigenvalue weighted by Crippen LogP contribution is -2.33. The van der Waals surface area contributed by atoms with Crippen LogP contribution in [0.25, 0.3) is 0 Å². The summed E-state index contributed by atoms with van der Waals surface area (Å²) in [6.07, 6.45) is 5.36. The van der Waals surface area contributed by atoms with Crippen LogP contribution in [0.4, 0.5) is 5.82 Å². The van der Waals surface area contributed by atoms with Gasteiger partial charge in [0.2, 0.25) is 0 Å². The molecule has 1 fully saturated rings. The van der Waals surface area contributed by atoms with Gasteiger partial charge in [-0.3, -0.25) is 9.59 Å². The van der Waals surface area contributed by atoms with Gasteiger partial charge in [0, 0.05) is 6.20 Å². The number of esters is 1. The predicted octanol–water partition coefficient (Wildman–Crippen LogP) is 3.84. The largest absolute Gasteiger partial charge is 0.452 e. The predicted molar refractivity (Wildman–Crippen MR) is 85.0 cm³/mol. The highest BCUT2D eigenvalue weighted by Gasteiger charge is 2.26. The van der Waals surface area contributed by atoms with Crippen LogP contribution >= 0.6 is 23.2 Å². The van der Waals surface area contributed by atoms with Gasteiger partial charge in [0.25, 0.3) is 5.91 Å². The molecule has 0 radical (unpaired) electrons. The normalized spacial score (nSPS) is 16.9. The molecule has 0 aromatic carbocycles. The summed E-state index contributed by atoms with van der Waals surface area (Å²) in [5, 5.41) is 3.13. The van der Waals surface area contributed by atoms with E-state index in [2.05, 4.69) is 10.3 Å². The molecule has 7 heteroatoms. The molecule has 0 bridgehead atoms. The van der Waals surface area contributed by atoms with Crippen molar-refractivity contribution >= 4 is 40.9 Å². The van der Waals surface area contributed by atoms with Crippen LogP contribution in [0.2, 0.25) is 10.0 Å². The van der Waals surface area contributed by atoms with E-state index < -0.39 is 12.0 Å². The summed E-state index contributed by atoms with van der Waals surface area (Å²) in [6, 6.07) is 1.48. The van der Waals surface area contributed by atoms with Crippen LogP contribution in [0.1, 0.15) is 39.0 Å². The summed E-state index contributed by atoms with van der Waals surface area (Å²) in [6.45, 7) is 1.53. The standard InChI is InChI=1S/C15H18Cl2N2O3/c1-9(22-15(21)10-5-3-2-4-6-10)14(20)19-13-12(17)7-11(16)8-18-13/h7-10H,2-6H2,1H3,(H,18,19,20)/t9-/m0/s1. The number of amides is 1. The fraction of sp³-hybridized carbons (Fsp3) is 0.533. The second-order valence-corrected chi connectivity index (χ2v) is 6.23. The number of pyridine rings is 1. The summed E-state index contributed by atoms with van der Waals surface area (Å²) in [7, 11) is 0. The second kappa shape index (κ2) is 7.79. The Balaban J connectivity index is 1.89. The van der Waals surface area contributed by atoms with Crippen LogP contribution in [0.5, 0.6) is 0 Å². The highest BCUT2D eigenvalue weighted by Crippen LogP contribution is 2.25. The van der Waals surface area contributed by atoms with Crippen molar-refractivity contribution in [3.63, 3.8) is 0 Å². The first kappa shape index (κ1) is 17.0. The minimum atomic E-state index is -0.900. The first-order valence-electron chi connectivity index (χ1n) is 7.30. The van der Waals surface area contributed by atoms with Gasteiger partial charge in [-0.2, -0.15) is 0 Å². The Bertz CT molecular complexity index is 560. The van der Waals surface area contributed by atoms with Crippen LogP contribution < -0.4 is 5.32 Å². The number of hydrogen-bond donors (Lipinski definition) is 1. The van der Waals surface area contributed by atoms with Crippen LogP contribution in [0, 0.1) is 5.92 Å². The third kappa shape index (κ3) is 4.58. The van der Waals surface area contributed by atoms with Crippen molar-refractivity contribution in [2.24, 2.45) is 5.92 Å². The van der Waals surface area contributed by atoms with Crippen molar-refractivity contribution in [1.29, 1.82) is 0 Å². The van der Waals surface area contributed by atoms with E-state index in [1.54, 1.807) is 0 Å². The number of anilines is 1. The third-order valence-electron chi connectivity index (χ3n) is 3.65. The van der Waals surface area contributed by atoms with E-state index in [0.29, 0.717) is 5.02 Å². The van der Waals surface area contributed by atoms with Gasteiger partial charge in [0.05, 0.1) is 16.0 Å². The van der Waals surface area contributed by atoms with E-state index in [9.17, 15) is 9.59 Å². The van der Waals surface area contributed by atoms with Gasteiger partial charge >= 0.3 is 5.97 Å². The number of carbonyl (C=O) groups excluding carboxylic acids is 2. The quantitative estimate of drug-likeness (QED) is 0.842. The number of aromatic nitrogens is 1. The fourth-order valence-corrected chi connectivity index (χ4v) is 2.81. The molecule has 120 valence electrons. The van der Waals surface area contributed by atoms with Crippen LogP contribution in [-0.4, -0.2) is 23.0 Å². The lowest BCUT2D eigenvalue weighted by atomic mass is 9.89. The molecule has 2 rings (SSSR count). The van der Waals surface area contributed by atoms with E-state index in [-0.39, 0.29) is 22.7 Å². The number of nitrogens with zero attached hydrogens (tertiary/aromatic N) is 1. The zero-order valence-corrected chi connectivity index (χ0v) is 13.8. The van der Waals surface area contributed by atoms with E-state index >= 15 is 0 Å². The summed E-state index contributed by atoms with van der Waals surface area (Å²) in [4.78, 5) is 28.0. The van der Waals surface area contributed by atoms with E-state index in [1.165, 1.54) is 19.2 Å². The molecule has 1 N–H and O–H groups in total. The molecule has 22 heavy (non-hydrogen) atoms. The van der Waals surface area contributed by atoms with Gasteiger partial charge < -0.3 is 10.1 Å². The zero-order chi connectivity index (χ0) is 16.1. The highest BCUT2D eigenvalue weighted by molar-refractivity contribution is 6.36. The summed E-state index contributed by atoms with van der Waals surface area (Å²) < 4.78 is 5.24. The molecule has 5 nitrogen and oxygen atoms in total. The van der Waals surface area contributed by atoms with Crippen molar-refractivity contribution in [3.05, 3.63) is 22.3 Å². The van der Waals surface area contributed by atoms with Gasteiger partial charge in [-0.05, 0) is 25.8 Å². The molecule has 0 unspecified atom stereocenters. The summed E-state index contributed by atoms with van der Waals surface area (Å²) >= 11 is 11.7. The van der Waals surface area contributed by atoms with Crippen molar-refractivity contribution < 1.29 is 14.3 Å². The third-order valence-corrected chi connectivity index (χ3v) is 4.14. The molecule has 1 aromatic rings. The monoisotopic (exact) mass is 344 g/mol. The first-order valence-corrected chi connectivity index (χ1v) is 8.05. The SMILES string of the molecule is C[C@H](OC(=O)C1CCCCC1)C(=O)Nc1ncc(Cl)cc1Cl. The number of ether oxygens (including phenoxy) is 1.